The van der Waals surface area contributed by atoms with Crippen LogP contribution in [0.1, 0.15) is 19.4 Å². The largest absolute Gasteiger partial charge is 0.378 e. The number of nitrogens with two attached hydrogens (primary N) is 1. The van der Waals surface area contributed by atoms with Crippen LogP contribution >= 0.6 is 0 Å². The van der Waals surface area contributed by atoms with Crippen molar-refractivity contribution >= 4 is 11.8 Å². The fourth-order valence-electron chi connectivity index (χ4n) is 1.19. The minimum Gasteiger partial charge on any atom is -0.378 e. The predicted molar refractivity (Wildman–Crippen MR) is 68.1 cm³/mol. The highest BCUT2D eigenvalue weighted by molar-refractivity contribution is 5.56. The Kier molecular flexibility index (Phi) is 3.53. The Bertz CT molecular complexity index is 329. The summed E-state index contributed by atoms with van der Waals surface area (Å²) in [6, 6.07) is 8.39. The zero-order chi connectivity index (χ0) is 11.5. The Hall–Kier alpha value is -1.28. The number of hydrogen-bond donors (Lipinski definition) is 1. The third-order valence-corrected chi connectivity index (χ3v) is 2.11. The van der Waals surface area contributed by atoms with Crippen molar-refractivity contribution in [1.29, 1.82) is 0 Å². The molecule has 0 bridgehead atoms. The molecule has 1 aromatic rings. The van der Waals surface area contributed by atoms with Crippen LogP contribution in [0.5, 0.6) is 0 Å². The van der Waals surface area contributed by atoms with Gasteiger partial charge in [-0.3, -0.25) is 0 Å². The smallest absolute Gasteiger partial charge is 0.0361 e. The lowest BCUT2D eigenvalue weighted by Gasteiger charge is -2.13. The molecule has 0 saturated heterocycles. The molecule has 0 saturated carbocycles. The molecule has 2 heteroatoms. The van der Waals surface area contributed by atoms with E-state index in [1.54, 1.807) is 0 Å². The van der Waals surface area contributed by atoms with Crippen LogP contribution < -0.4 is 10.6 Å². The molecule has 15 heavy (non-hydrogen) atoms. The van der Waals surface area contributed by atoms with Crippen molar-refractivity contribution in [3.63, 3.8) is 0 Å². The van der Waals surface area contributed by atoms with Crippen LogP contribution in [0.15, 0.2) is 30.3 Å². The summed E-state index contributed by atoms with van der Waals surface area (Å²) in [6.45, 7) is 3.97. The van der Waals surface area contributed by atoms with Crippen LogP contribution in [0, 0.1) is 0 Å². The monoisotopic (exact) mass is 204 g/mol. The first-order valence-corrected chi connectivity index (χ1v) is 5.14. The first kappa shape index (κ1) is 11.8. The van der Waals surface area contributed by atoms with E-state index in [1.807, 2.05) is 34.0 Å². The van der Waals surface area contributed by atoms with Crippen molar-refractivity contribution in [1.82, 2.24) is 0 Å². The highest BCUT2D eigenvalue weighted by Gasteiger charge is 2.03. The van der Waals surface area contributed by atoms with E-state index in [9.17, 15) is 0 Å². The Morgan fingerprint density at radius 3 is 2.07 bits per heavy atom. The fraction of sp³-hybridized carbons (Fsp3) is 0.385. The lowest BCUT2D eigenvalue weighted by atomic mass is 10.0. The van der Waals surface area contributed by atoms with Gasteiger partial charge in [0.1, 0.15) is 0 Å². The number of rotatable bonds is 3. The van der Waals surface area contributed by atoms with E-state index < -0.39 is 0 Å². The quantitative estimate of drug-likeness (QED) is 0.819. The van der Waals surface area contributed by atoms with Gasteiger partial charge in [-0.2, -0.15) is 0 Å². The lowest BCUT2D eigenvalue weighted by Crippen LogP contribution is -2.28. The maximum absolute atomic E-state index is 5.87. The second-order valence-corrected chi connectivity index (χ2v) is 4.64. The Labute approximate surface area is 92.4 Å². The second kappa shape index (κ2) is 4.49. The molecule has 0 heterocycles. The third-order valence-electron chi connectivity index (χ3n) is 2.11. The van der Waals surface area contributed by atoms with Crippen LogP contribution in [0.25, 0.3) is 6.08 Å². The molecular weight excluding hydrogens is 184 g/mol. The molecule has 0 fully saturated rings. The molecule has 0 aliphatic rings. The van der Waals surface area contributed by atoms with Crippen LogP contribution in [-0.4, -0.2) is 19.6 Å². The maximum atomic E-state index is 5.87. The Balaban J connectivity index is 2.77. The molecule has 1 aromatic carbocycles. The summed E-state index contributed by atoms with van der Waals surface area (Å²) in [5.74, 6) is 0. The summed E-state index contributed by atoms with van der Waals surface area (Å²) < 4.78 is 0. The summed E-state index contributed by atoms with van der Waals surface area (Å²) in [5.41, 5.74) is 8.00. The standard InChI is InChI=1S/C13H20N2/c1-13(2,14)10-9-11-5-7-12(8-6-11)15(3)4/h5-10H,14H2,1-4H3/b10-9+. The minimum atomic E-state index is -0.250. The zero-order valence-corrected chi connectivity index (χ0v) is 9.99. The SMILES string of the molecule is CN(C)c1ccc(/C=C/C(C)(C)N)cc1. The predicted octanol–water partition coefficient (Wildman–Crippen LogP) is 2.50. The van der Waals surface area contributed by atoms with Crippen LogP contribution in [-0.2, 0) is 0 Å². The number of anilines is 1. The first-order valence-electron chi connectivity index (χ1n) is 5.14. The van der Waals surface area contributed by atoms with Crippen LogP contribution in [0.2, 0.25) is 0 Å². The highest BCUT2D eigenvalue weighted by atomic mass is 15.1. The minimum absolute atomic E-state index is 0.250. The maximum Gasteiger partial charge on any atom is 0.0361 e. The lowest BCUT2D eigenvalue weighted by molar-refractivity contribution is 0.657. The molecule has 0 radical (unpaired) electrons. The Morgan fingerprint density at radius 2 is 1.67 bits per heavy atom. The van der Waals surface area contributed by atoms with Gasteiger partial charge in [0.05, 0.1) is 0 Å². The molecule has 0 amide bonds. The fourth-order valence-corrected chi connectivity index (χ4v) is 1.19. The van der Waals surface area contributed by atoms with Gasteiger partial charge < -0.3 is 10.6 Å². The number of hydrogen-bond acceptors (Lipinski definition) is 2. The molecule has 82 valence electrons. The van der Waals surface area contributed by atoms with Gasteiger partial charge in [-0.25, -0.2) is 0 Å². The molecule has 0 aliphatic carbocycles. The van der Waals surface area contributed by atoms with Crippen molar-refractivity contribution in [2.24, 2.45) is 5.73 Å². The van der Waals surface area contributed by atoms with Gasteiger partial charge in [0.2, 0.25) is 0 Å². The molecule has 0 spiro atoms. The van der Waals surface area contributed by atoms with Crippen molar-refractivity contribution in [2.75, 3.05) is 19.0 Å². The van der Waals surface area contributed by atoms with Gasteiger partial charge in [0, 0.05) is 25.3 Å². The Morgan fingerprint density at radius 1 is 1.13 bits per heavy atom. The van der Waals surface area contributed by atoms with Crippen LogP contribution in [0.4, 0.5) is 5.69 Å². The van der Waals surface area contributed by atoms with Gasteiger partial charge in [0.25, 0.3) is 0 Å². The highest BCUT2D eigenvalue weighted by Crippen LogP contribution is 2.14. The molecule has 0 aliphatic heterocycles. The van der Waals surface area contributed by atoms with E-state index >= 15 is 0 Å². The summed E-state index contributed by atoms with van der Waals surface area (Å²) in [5, 5.41) is 0. The zero-order valence-electron chi connectivity index (χ0n) is 9.99. The molecule has 0 atom stereocenters. The van der Waals surface area contributed by atoms with E-state index in [4.69, 9.17) is 5.73 Å². The normalized spacial score (nSPS) is 12.1. The van der Waals surface area contributed by atoms with E-state index in [1.165, 1.54) is 11.3 Å². The molecule has 2 N–H and O–H groups in total. The van der Waals surface area contributed by atoms with Gasteiger partial charge in [-0.15, -0.1) is 0 Å². The molecule has 2 nitrogen and oxygen atoms in total. The van der Waals surface area contributed by atoms with Crippen LogP contribution in [0.3, 0.4) is 0 Å². The average Bonchev–Trinajstić information content (AvgIpc) is 2.14. The van der Waals surface area contributed by atoms with E-state index in [0.717, 1.165) is 0 Å². The molecule has 0 aromatic heterocycles. The van der Waals surface area contributed by atoms with E-state index in [0.29, 0.717) is 0 Å². The van der Waals surface area contributed by atoms with Crippen molar-refractivity contribution in [2.45, 2.75) is 19.4 Å². The van der Waals surface area contributed by atoms with Gasteiger partial charge in [0.15, 0.2) is 0 Å². The number of benzene rings is 1. The summed E-state index contributed by atoms with van der Waals surface area (Å²) >= 11 is 0. The van der Waals surface area contributed by atoms with E-state index in [2.05, 4.69) is 35.2 Å². The summed E-state index contributed by atoms with van der Waals surface area (Å²) in [4.78, 5) is 2.08. The van der Waals surface area contributed by atoms with Crippen molar-refractivity contribution in [3.8, 4) is 0 Å². The van der Waals surface area contributed by atoms with Crippen molar-refractivity contribution in [3.05, 3.63) is 35.9 Å². The van der Waals surface area contributed by atoms with Gasteiger partial charge in [-0.1, -0.05) is 24.3 Å². The van der Waals surface area contributed by atoms with E-state index in [-0.39, 0.29) is 5.54 Å². The van der Waals surface area contributed by atoms with Gasteiger partial charge >= 0.3 is 0 Å². The molecule has 1 rings (SSSR count). The molecule has 0 unspecified atom stereocenters. The summed E-state index contributed by atoms with van der Waals surface area (Å²) in [7, 11) is 4.07. The number of nitrogens with zero attached hydrogens (tertiary/aromatic N) is 1. The topological polar surface area (TPSA) is 29.3 Å². The van der Waals surface area contributed by atoms with Gasteiger partial charge in [-0.05, 0) is 31.5 Å². The third kappa shape index (κ3) is 4.17. The average molecular weight is 204 g/mol. The van der Waals surface area contributed by atoms with Crippen molar-refractivity contribution < 1.29 is 0 Å². The molecular formula is C13H20N2. The first-order chi connectivity index (χ1) is 6.88. The summed E-state index contributed by atoms with van der Waals surface area (Å²) in [6.07, 6.45) is 4.07. The second-order valence-electron chi connectivity index (χ2n) is 4.64.